The molecule has 0 radical (unpaired) electrons. The molecule has 1 atom stereocenters. The van der Waals surface area contributed by atoms with Crippen molar-refractivity contribution in [2.75, 3.05) is 25.5 Å². The van der Waals surface area contributed by atoms with Gasteiger partial charge in [0.15, 0.2) is 0 Å². The Morgan fingerprint density at radius 3 is 3.00 bits per heavy atom. The average molecular weight is 278 g/mol. The zero-order valence-corrected chi connectivity index (χ0v) is 12.3. The zero-order chi connectivity index (χ0) is 14.5. The molecule has 1 amide bonds. The fourth-order valence-electron chi connectivity index (χ4n) is 2.26. The van der Waals surface area contributed by atoms with Crippen molar-refractivity contribution in [2.45, 2.75) is 32.8 Å². The van der Waals surface area contributed by atoms with Gasteiger partial charge in [-0.3, -0.25) is 4.79 Å². The molecule has 0 saturated heterocycles. The van der Waals surface area contributed by atoms with Crippen LogP contribution in [-0.2, 0) is 11.2 Å². The van der Waals surface area contributed by atoms with Crippen molar-refractivity contribution >= 4 is 11.6 Å². The minimum atomic E-state index is -0.0358. The summed E-state index contributed by atoms with van der Waals surface area (Å²) in [7, 11) is 1.82. The van der Waals surface area contributed by atoms with Crippen molar-refractivity contribution in [1.82, 2.24) is 5.32 Å². The Labute approximate surface area is 119 Å². The number of rotatable bonds is 6. The third-order valence-electron chi connectivity index (χ3n) is 3.17. The number of ether oxygens (including phenoxy) is 2. The Morgan fingerprint density at radius 2 is 2.30 bits per heavy atom. The maximum Gasteiger partial charge on any atom is 0.225 e. The van der Waals surface area contributed by atoms with E-state index in [0.29, 0.717) is 31.0 Å². The quantitative estimate of drug-likeness (QED) is 0.835. The molecule has 1 aromatic carbocycles. The van der Waals surface area contributed by atoms with E-state index in [1.165, 1.54) is 0 Å². The molecule has 0 saturated carbocycles. The number of hydrogen-bond acceptors (Lipinski definition) is 4. The van der Waals surface area contributed by atoms with Crippen LogP contribution >= 0.6 is 0 Å². The van der Waals surface area contributed by atoms with E-state index in [0.717, 1.165) is 17.7 Å². The maximum atomic E-state index is 11.8. The summed E-state index contributed by atoms with van der Waals surface area (Å²) in [5.41, 5.74) is 1.81. The van der Waals surface area contributed by atoms with Gasteiger partial charge in [0.25, 0.3) is 0 Å². The third-order valence-corrected chi connectivity index (χ3v) is 3.17. The summed E-state index contributed by atoms with van der Waals surface area (Å²) in [6, 6.07) is 3.83. The molecule has 20 heavy (non-hydrogen) atoms. The second-order valence-corrected chi connectivity index (χ2v) is 4.92. The lowest BCUT2D eigenvalue weighted by Gasteiger charge is -2.13. The van der Waals surface area contributed by atoms with Crippen molar-refractivity contribution in [3.05, 3.63) is 17.7 Å². The Balaban J connectivity index is 2.18. The van der Waals surface area contributed by atoms with Crippen LogP contribution < -0.4 is 20.1 Å². The van der Waals surface area contributed by atoms with Crippen LogP contribution in [0.5, 0.6) is 11.5 Å². The van der Waals surface area contributed by atoms with Gasteiger partial charge >= 0.3 is 0 Å². The highest BCUT2D eigenvalue weighted by atomic mass is 16.5. The Kier molecular flexibility index (Phi) is 4.84. The van der Waals surface area contributed by atoms with E-state index in [1.54, 1.807) is 0 Å². The first kappa shape index (κ1) is 14.7. The van der Waals surface area contributed by atoms with Gasteiger partial charge < -0.3 is 20.1 Å². The fraction of sp³-hybridized carbons (Fsp3) is 0.533. The normalized spacial score (nSPS) is 16.4. The summed E-state index contributed by atoms with van der Waals surface area (Å²) in [6.07, 6.45) is 1.48. The number of carbonyl (C=O) groups excluding carboxylic acids is 1. The lowest BCUT2D eigenvalue weighted by molar-refractivity contribution is -0.116. The molecule has 0 spiro atoms. The van der Waals surface area contributed by atoms with Crippen molar-refractivity contribution in [2.24, 2.45) is 0 Å². The molecule has 5 nitrogen and oxygen atoms in total. The number of carbonyl (C=O) groups is 1. The molecule has 1 aromatic rings. The number of benzene rings is 1. The van der Waals surface area contributed by atoms with Gasteiger partial charge in [-0.05, 0) is 27.0 Å². The monoisotopic (exact) mass is 278 g/mol. The average Bonchev–Trinajstić information content (AvgIpc) is 2.76. The van der Waals surface area contributed by atoms with E-state index in [-0.39, 0.29) is 12.0 Å². The summed E-state index contributed by atoms with van der Waals surface area (Å²) in [5, 5.41) is 5.85. The van der Waals surface area contributed by atoms with Gasteiger partial charge in [-0.2, -0.15) is 0 Å². The van der Waals surface area contributed by atoms with Gasteiger partial charge in [0.1, 0.15) is 17.6 Å². The van der Waals surface area contributed by atoms with Crippen LogP contribution in [0, 0.1) is 0 Å². The third kappa shape index (κ3) is 3.42. The minimum Gasteiger partial charge on any atom is -0.492 e. The first-order chi connectivity index (χ1) is 9.63. The minimum absolute atomic E-state index is 0.0358. The topological polar surface area (TPSA) is 59.6 Å². The molecular formula is C15H22N2O3. The highest BCUT2D eigenvalue weighted by Gasteiger charge is 2.22. The van der Waals surface area contributed by atoms with E-state index in [1.807, 2.05) is 33.0 Å². The van der Waals surface area contributed by atoms with Crippen LogP contribution in [0.1, 0.15) is 25.8 Å². The fourth-order valence-corrected chi connectivity index (χ4v) is 2.26. The lowest BCUT2D eigenvalue weighted by Crippen LogP contribution is -2.19. The zero-order valence-electron chi connectivity index (χ0n) is 12.3. The number of amides is 1. The maximum absolute atomic E-state index is 11.8. The van der Waals surface area contributed by atoms with Crippen molar-refractivity contribution < 1.29 is 14.3 Å². The van der Waals surface area contributed by atoms with E-state index in [9.17, 15) is 4.79 Å². The summed E-state index contributed by atoms with van der Waals surface area (Å²) in [5.74, 6) is 1.51. The number of fused-ring (bicyclic) bond motifs is 1. The largest absolute Gasteiger partial charge is 0.492 e. The van der Waals surface area contributed by atoms with Gasteiger partial charge in [-0.25, -0.2) is 0 Å². The lowest BCUT2D eigenvalue weighted by atomic mass is 10.1. The Morgan fingerprint density at radius 1 is 1.50 bits per heavy atom. The van der Waals surface area contributed by atoms with Crippen LogP contribution in [0.15, 0.2) is 12.1 Å². The smallest absolute Gasteiger partial charge is 0.225 e. The Bertz CT molecular complexity index is 488. The molecule has 0 bridgehead atoms. The van der Waals surface area contributed by atoms with Crippen LogP contribution in [0.4, 0.5) is 5.69 Å². The number of nitrogens with one attached hydrogen (secondary N) is 2. The van der Waals surface area contributed by atoms with Crippen LogP contribution in [0.2, 0.25) is 0 Å². The second kappa shape index (κ2) is 6.61. The van der Waals surface area contributed by atoms with Gasteiger partial charge in [-0.1, -0.05) is 0 Å². The van der Waals surface area contributed by atoms with E-state index in [4.69, 9.17) is 9.47 Å². The molecule has 0 fully saturated rings. The molecule has 1 aliphatic heterocycles. The molecular weight excluding hydrogens is 256 g/mol. The van der Waals surface area contributed by atoms with Crippen molar-refractivity contribution in [3.8, 4) is 11.5 Å². The van der Waals surface area contributed by atoms with Crippen molar-refractivity contribution in [1.29, 1.82) is 0 Å². The van der Waals surface area contributed by atoms with Crippen LogP contribution in [0.25, 0.3) is 0 Å². The van der Waals surface area contributed by atoms with Crippen LogP contribution in [-0.4, -0.2) is 32.2 Å². The van der Waals surface area contributed by atoms with Gasteiger partial charge in [0, 0.05) is 31.0 Å². The standard InChI is InChI=1S/C15H22N2O3/c1-4-19-14-8-11-7-10(2)20-13(11)9-12(14)17-15(18)5-6-16-3/h8-10,16H,4-7H2,1-3H3,(H,17,18). The van der Waals surface area contributed by atoms with E-state index >= 15 is 0 Å². The molecule has 1 unspecified atom stereocenters. The van der Waals surface area contributed by atoms with Crippen LogP contribution in [0.3, 0.4) is 0 Å². The van der Waals surface area contributed by atoms with Gasteiger partial charge in [0.2, 0.25) is 5.91 Å². The number of hydrogen-bond donors (Lipinski definition) is 2. The van der Waals surface area contributed by atoms with Gasteiger partial charge in [-0.15, -0.1) is 0 Å². The highest BCUT2D eigenvalue weighted by molar-refractivity contribution is 5.92. The molecule has 2 N–H and O–H groups in total. The summed E-state index contributed by atoms with van der Waals surface area (Å²) < 4.78 is 11.3. The molecule has 5 heteroatoms. The molecule has 1 aliphatic rings. The molecule has 0 aromatic heterocycles. The Hall–Kier alpha value is -1.75. The summed E-state index contributed by atoms with van der Waals surface area (Å²) in [6.45, 7) is 5.17. The van der Waals surface area contributed by atoms with Crippen molar-refractivity contribution in [3.63, 3.8) is 0 Å². The van der Waals surface area contributed by atoms with E-state index < -0.39 is 0 Å². The van der Waals surface area contributed by atoms with E-state index in [2.05, 4.69) is 10.6 Å². The first-order valence-electron chi connectivity index (χ1n) is 7.04. The summed E-state index contributed by atoms with van der Waals surface area (Å²) >= 11 is 0. The summed E-state index contributed by atoms with van der Waals surface area (Å²) in [4.78, 5) is 11.8. The molecule has 0 aliphatic carbocycles. The van der Waals surface area contributed by atoms with Gasteiger partial charge in [0.05, 0.1) is 12.3 Å². The molecule has 2 rings (SSSR count). The number of anilines is 1. The predicted octanol–water partition coefficient (Wildman–Crippen LogP) is 1.96. The predicted molar refractivity (Wildman–Crippen MR) is 78.6 cm³/mol. The highest BCUT2D eigenvalue weighted by Crippen LogP contribution is 2.38. The second-order valence-electron chi connectivity index (χ2n) is 4.92. The first-order valence-corrected chi connectivity index (χ1v) is 7.04. The SMILES string of the molecule is CCOc1cc2c(cc1NC(=O)CCNC)OC(C)C2. The molecule has 110 valence electrons. The molecule has 1 heterocycles.